The third-order valence-corrected chi connectivity index (χ3v) is 4.56. The van der Waals surface area contributed by atoms with Crippen LogP contribution in [0.25, 0.3) is 11.3 Å². The molecule has 27 heavy (non-hydrogen) atoms. The zero-order valence-electron chi connectivity index (χ0n) is 14.8. The van der Waals surface area contributed by atoms with E-state index in [2.05, 4.69) is 34.6 Å². The van der Waals surface area contributed by atoms with Crippen LogP contribution in [0.4, 0.5) is 0 Å². The predicted molar refractivity (Wildman–Crippen MR) is 110 cm³/mol. The monoisotopic (exact) mass is 400 g/mol. The normalized spacial score (nSPS) is 11.3. The number of hydrogen-bond acceptors (Lipinski definition) is 3. The topological polar surface area (TPSA) is 70.1 Å². The lowest BCUT2D eigenvalue weighted by Gasteiger charge is -2.04. The number of amides is 1. The fourth-order valence-corrected chi connectivity index (χ4v) is 2.97. The largest absolute Gasteiger partial charge is 0.289 e. The Morgan fingerprint density at radius 3 is 2.56 bits per heavy atom. The zero-order chi connectivity index (χ0) is 19.4. The molecule has 3 rings (SSSR count). The second kappa shape index (κ2) is 8.37. The van der Waals surface area contributed by atoms with E-state index < -0.39 is 5.91 Å². The first-order valence-corrected chi connectivity index (χ1v) is 9.14. The molecule has 0 aliphatic rings. The maximum atomic E-state index is 12.2. The summed E-state index contributed by atoms with van der Waals surface area (Å²) < 4.78 is 0. The molecule has 1 amide bonds. The van der Waals surface area contributed by atoms with Crippen molar-refractivity contribution in [1.82, 2.24) is 15.6 Å². The van der Waals surface area contributed by atoms with Gasteiger partial charge in [-0.2, -0.15) is 10.2 Å². The molecule has 1 aromatic heterocycles. The Morgan fingerprint density at radius 1 is 1.15 bits per heavy atom. The molecule has 0 unspecified atom stereocenters. The van der Waals surface area contributed by atoms with Gasteiger partial charge in [0.15, 0.2) is 0 Å². The fraction of sp³-hybridized carbons (Fsp3) is 0.150. The van der Waals surface area contributed by atoms with Crippen molar-refractivity contribution in [2.24, 2.45) is 5.10 Å². The Bertz CT molecular complexity index is 978. The maximum absolute atomic E-state index is 12.2. The summed E-state index contributed by atoms with van der Waals surface area (Å²) in [5, 5.41) is 11.8. The van der Waals surface area contributed by atoms with Crippen LogP contribution in [-0.2, 0) is 0 Å². The second-order valence-corrected chi connectivity index (χ2v) is 7.16. The zero-order valence-corrected chi connectivity index (χ0v) is 16.3. The molecule has 0 aliphatic carbocycles. The van der Waals surface area contributed by atoms with Gasteiger partial charge in [0, 0.05) is 10.6 Å². The number of nitrogens with one attached hydrogen (secondary N) is 2. The van der Waals surface area contributed by atoms with Crippen LogP contribution in [0.2, 0.25) is 10.0 Å². The van der Waals surface area contributed by atoms with Crippen LogP contribution in [0.1, 0.15) is 41.4 Å². The van der Waals surface area contributed by atoms with Crippen LogP contribution < -0.4 is 5.43 Å². The molecule has 1 heterocycles. The summed E-state index contributed by atoms with van der Waals surface area (Å²) in [6, 6.07) is 14.7. The van der Waals surface area contributed by atoms with Crippen molar-refractivity contribution in [3.63, 3.8) is 0 Å². The number of hydrazone groups is 1. The van der Waals surface area contributed by atoms with E-state index in [9.17, 15) is 4.79 Å². The lowest BCUT2D eigenvalue weighted by atomic mass is 10.0. The molecule has 3 aromatic rings. The van der Waals surface area contributed by atoms with E-state index in [-0.39, 0.29) is 5.69 Å². The quantitative estimate of drug-likeness (QED) is 0.452. The highest BCUT2D eigenvalue weighted by atomic mass is 35.5. The van der Waals surface area contributed by atoms with Gasteiger partial charge in [0.05, 0.1) is 16.9 Å². The third kappa shape index (κ3) is 4.76. The Balaban J connectivity index is 1.65. The number of aromatic amines is 1. The van der Waals surface area contributed by atoms with Gasteiger partial charge < -0.3 is 0 Å². The smallest absolute Gasteiger partial charge is 0.272 e. The van der Waals surface area contributed by atoms with Gasteiger partial charge >= 0.3 is 0 Å². The van der Waals surface area contributed by atoms with Gasteiger partial charge in [0.1, 0.15) is 5.69 Å². The fourth-order valence-electron chi connectivity index (χ4n) is 2.47. The van der Waals surface area contributed by atoms with Gasteiger partial charge in [-0.3, -0.25) is 9.89 Å². The first-order valence-electron chi connectivity index (χ1n) is 8.38. The molecule has 0 saturated heterocycles. The number of hydrogen-bond donors (Lipinski definition) is 2. The number of rotatable bonds is 5. The summed E-state index contributed by atoms with van der Waals surface area (Å²) in [4.78, 5) is 12.2. The minimum absolute atomic E-state index is 0.281. The molecule has 0 atom stereocenters. The number of halogens is 2. The predicted octanol–water partition coefficient (Wildman–Crippen LogP) is 5.27. The van der Waals surface area contributed by atoms with E-state index in [1.807, 2.05) is 24.3 Å². The molecule has 0 radical (unpaired) electrons. The SMILES string of the molecule is CC(C)c1ccc(C=NNC(=O)c2cc(-c3ccc(Cl)cc3Cl)n[nH]2)cc1. The van der Waals surface area contributed by atoms with Crippen molar-refractivity contribution in [3.8, 4) is 11.3 Å². The van der Waals surface area contributed by atoms with Crippen molar-refractivity contribution in [2.75, 3.05) is 0 Å². The lowest BCUT2D eigenvalue weighted by Crippen LogP contribution is -2.18. The van der Waals surface area contributed by atoms with E-state index in [0.29, 0.717) is 27.2 Å². The third-order valence-electron chi connectivity index (χ3n) is 4.01. The van der Waals surface area contributed by atoms with Crippen LogP contribution >= 0.6 is 23.2 Å². The van der Waals surface area contributed by atoms with Crippen molar-refractivity contribution >= 4 is 35.3 Å². The van der Waals surface area contributed by atoms with Crippen molar-refractivity contribution in [3.05, 3.63) is 75.4 Å². The van der Waals surface area contributed by atoms with Crippen LogP contribution in [0.3, 0.4) is 0 Å². The molecule has 0 bridgehead atoms. The van der Waals surface area contributed by atoms with Crippen LogP contribution in [0.15, 0.2) is 53.6 Å². The number of H-pyrrole nitrogens is 1. The van der Waals surface area contributed by atoms with Gasteiger partial charge in [-0.05, 0) is 41.3 Å². The molecule has 0 fully saturated rings. The summed E-state index contributed by atoms with van der Waals surface area (Å²) >= 11 is 12.1. The summed E-state index contributed by atoms with van der Waals surface area (Å²) in [5.41, 5.74) is 6.15. The molecule has 0 aliphatic heterocycles. The summed E-state index contributed by atoms with van der Waals surface area (Å²) in [6.45, 7) is 4.28. The summed E-state index contributed by atoms with van der Waals surface area (Å²) in [5.74, 6) is 0.0771. The minimum atomic E-state index is -0.395. The van der Waals surface area contributed by atoms with Crippen LogP contribution in [0, 0.1) is 0 Å². The highest BCUT2D eigenvalue weighted by Gasteiger charge is 2.12. The van der Waals surface area contributed by atoms with Gasteiger partial charge in [-0.25, -0.2) is 5.43 Å². The Morgan fingerprint density at radius 2 is 1.89 bits per heavy atom. The Kier molecular flexibility index (Phi) is 5.94. The number of nitrogens with zero attached hydrogens (tertiary/aromatic N) is 2. The summed E-state index contributed by atoms with van der Waals surface area (Å²) in [6.07, 6.45) is 1.59. The molecule has 138 valence electrons. The van der Waals surface area contributed by atoms with Gasteiger partial charge in [-0.15, -0.1) is 0 Å². The standard InChI is InChI=1S/C20H18Cl2N4O/c1-12(2)14-5-3-13(4-6-14)11-23-26-20(27)19-10-18(24-25-19)16-8-7-15(21)9-17(16)22/h3-12H,1-2H3,(H,24,25)(H,26,27). The Hall–Kier alpha value is -2.63. The maximum Gasteiger partial charge on any atom is 0.289 e. The van der Waals surface area contributed by atoms with E-state index in [4.69, 9.17) is 23.2 Å². The van der Waals surface area contributed by atoms with Crippen LogP contribution in [0.5, 0.6) is 0 Å². The first kappa shape index (κ1) is 19.1. The van der Waals surface area contributed by atoms with Crippen molar-refractivity contribution < 1.29 is 4.79 Å². The average molecular weight is 401 g/mol. The minimum Gasteiger partial charge on any atom is -0.272 e. The molecule has 2 N–H and O–H groups in total. The van der Waals surface area contributed by atoms with Crippen molar-refractivity contribution in [1.29, 1.82) is 0 Å². The summed E-state index contributed by atoms with van der Waals surface area (Å²) in [7, 11) is 0. The second-order valence-electron chi connectivity index (χ2n) is 6.31. The molecule has 0 spiro atoms. The highest BCUT2D eigenvalue weighted by molar-refractivity contribution is 6.36. The number of carbonyl (C=O) groups excluding carboxylic acids is 1. The van der Waals surface area contributed by atoms with E-state index in [0.717, 1.165) is 5.56 Å². The van der Waals surface area contributed by atoms with Gasteiger partial charge in [0.25, 0.3) is 5.91 Å². The molecule has 7 heteroatoms. The number of carbonyl (C=O) groups is 1. The van der Waals surface area contributed by atoms with E-state index >= 15 is 0 Å². The lowest BCUT2D eigenvalue weighted by molar-refractivity contribution is 0.0950. The molecule has 2 aromatic carbocycles. The molecular weight excluding hydrogens is 383 g/mol. The Labute approximate surface area is 167 Å². The van der Waals surface area contributed by atoms with Crippen molar-refractivity contribution in [2.45, 2.75) is 19.8 Å². The van der Waals surface area contributed by atoms with E-state index in [1.165, 1.54) is 5.56 Å². The first-order chi connectivity index (χ1) is 12.9. The average Bonchev–Trinajstić information content (AvgIpc) is 3.12. The molecule has 0 saturated carbocycles. The van der Waals surface area contributed by atoms with Gasteiger partial charge in [0.2, 0.25) is 0 Å². The molecule has 5 nitrogen and oxygen atoms in total. The van der Waals surface area contributed by atoms with Crippen LogP contribution in [-0.4, -0.2) is 22.3 Å². The number of benzene rings is 2. The van der Waals surface area contributed by atoms with E-state index in [1.54, 1.807) is 30.5 Å². The van der Waals surface area contributed by atoms with Gasteiger partial charge in [-0.1, -0.05) is 61.3 Å². The highest BCUT2D eigenvalue weighted by Crippen LogP contribution is 2.29. The molecular formula is C20H18Cl2N4O. The number of aromatic nitrogens is 2.